The second-order valence-corrected chi connectivity index (χ2v) is 5.63. The van der Waals surface area contributed by atoms with E-state index in [1.165, 1.54) is 0 Å². The van der Waals surface area contributed by atoms with E-state index in [4.69, 9.17) is 16.3 Å². The van der Waals surface area contributed by atoms with Crippen molar-refractivity contribution in [3.63, 3.8) is 0 Å². The highest BCUT2D eigenvalue weighted by atomic mass is 35.5. The minimum atomic E-state index is -0.264. The second kappa shape index (κ2) is 6.30. The van der Waals surface area contributed by atoms with Gasteiger partial charge in [0, 0.05) is 33.1 Å². The van der Waals surface area contributed by atoms with E-state index in [0.717, 1.165) is 5.52 Å². The minimum Gasteiger partial charge on any atom is -0.481 e. The number of methoxy groups -OCH3 is 1. The number of aryl methyl sites for hydroxylation is 1. The van der Waals surface area contributed by atoms with Crippen molar-refractivity contribution in [2.24, 2.45) is 0 Å². The molecule has 1 amide bonds. The Bertz CT molecular complexity index is 652. The van der Waals surface area contributed by atoms with Gasteiger partial charge in [-0.3, -0.25) is 4.79 Å². The number of pyridine rings is 1. The zero-order chi connectivity index (χ0) is 15.6. The summed E-state index contributed by atoms with van der Waals surface area (Å²) in [6.45, 7) is 2.34. The standard InChI is InChI=1S/C14H19ClN4O2/c1-9(15)13-16-10-5-6-11(21-4)17-14(10)19(13)8-7-12(20)18(2)3/h5-6,9H,7-8H2,1-4H3. The zero-order valence-corrected chi connectivity index (χ0v) is 13.4. The number of alkyl halides is 1. The lowest BCUT2D eigenvalue weighted by Gasteiger charge is -2.13. The van der Waals surface area contributed by atoms with Crippen molar-refractivity contribution in [3.8, 4) is 5.88 Å². The van der Waals surface area contributed by atoms with Crippen LogP contribution in [0.3, 0.4) is 0 Å². The molecular formula is C14H19ClN4O2. The number of carbonyl (C=O) groups is 1. The molecule has 0 spiro atoms. The zero-order valence-electron chi connectivity index (χ0n) is 12.6. The first kappa shape index (κ1) is 15.6. The molecule has 0 saturated carbocycles. The van der Waals surface area contributed by atoms with Crippen molar-refractivity contribution in [1.82, 2.24) is 19.4 Å². The first-order chi connectivity index (χ1) is 9.93. The normalized spacial score (nSPS) is 12.4. The van der Waals surface area contributed by atoms with Gasteiger partial charge in [0.15, 0.2) is 5.65 Å². The highest BCUT2D eigenvalue weighted by Gasteiger charge is 2.17. The maximum atomic E-state index is 11.8. The molecule has 0 radical (unpaired) electrons. The average molecular weight is 311 g/mol. The average Bonchev–Trinajstić information content (AvgIpc) is 2.82. The van der Waals surface area contributed by atoms with E-state index < -0.39 is 0 Å². The smallest absolute Gasteiger partial charge is 0.223 e. The third-order valence-corrected chi connectivity index (χ3v) is 3.40. The van der Waals surface area contributed by atoms with Crippen molar-refractivity contribution in [2.45, 2.75) is 25.3 Å². The van der Waals surface area contributed by atoms with Gasteiger partial charge in [-0.1, -0.05) is 0 Å². The largest absolute Gasteiger partial charge is 0.481 e. The Balaban J connectivity index is 2.42. The van der Waals surface area contributed by atoms with Crippen LogP contribution < -0.4 is 4.74 Å². The molecule has 0 bridgehead atoms. The van der Waals surface area contributed by atoms with Gasteiger partial charge in [0.25, 0.3) is 0 Å². The van der Waals surface area contributed by atoms with Gasteiger partial charge >= 0.3 is 0 Å². The highest BCUT2D eigenvalue weighted by Crippen LogP contribution is 2.25. The number of fused-ring (bicyclic) bond motifs is 1. The van der Waals surface area contributed by atoms with Crippen LogP contribution in [-0.2, 0) is 11.3 Å². The Labute approximate surface area is 128 Å². The summed E-state index contributed by atoms with van der Waals surface area (Å²) in [6.07, 6.45) is 0.369. The summed E-state index contributed by atoms with van der Waals surface area (Å²) in [7, 11) is 5.04. The van der Waals surface area contributed by atoms with Crippen LogP contribution in [0.2, 0.25) is 0 Å². The van der Waals surface area contributed by atoms with E-state index in [2.05, 4.69) is 9.97 Å². The molecular weight excluding hydrogens is 292 g/mol. The third-order valence-electron chi connectivity index (χ3n) is 3.21. The number of hydrogen-bond donors (Lipinski definition) is 0. The van der Waals surface area contributed by atoms with Crippen LogP contribution in [0.4, 0.5) is 0 Å². The van der Waals surface area contributed by atoms with Gasteiger partial charge in [-0.15, -0.1) is 11.6 Å². The Morgan fingerprint density at radius 3 is 2.71 bits per heavy atom. The molecule has 0 aliphatic carbocycles. The molecule has 0 aliphatic heterocycles. The van der Waals surface area contributed by atoms with Gasteiger partial charge in [0.05, 0.1) is 12.5 Å². The summed E-state index contributed by atoms with van der Waals surface area (Å²) in [5.74, 6) is 1.27. The van der Waals surface area contributed by atoms with Crippen LogP contribution in [0.1, 0.15) is 24.5 Å². The molecule has 2 heterocycles. The first-order valence-corrected chi connectivity index (χ1v) is 7.13. The molecule has 21 heavy (non-hydrogen) atoms. The predicted octanol–water partition coefficient (Wildman–Crippen LogP) is 2.22. The Morgan fingerprint density at radius 1 is 1.43 bits per heavy atom. The van der Waals surface area contributed by atoms with Crippen LogP contribution >= 0.6 is 11.6 Å². The van der Waals surface area contributed by atoms with Crippen LogP contribution in [0, 0.1) is 0 Å². The molecule has 7 heteroatoms. The number of halogens is 1. The van der Waals surface area contributed by atoms with Crippen molar-refractivity contribution in [1.29, 1.82) is 0 Å². The Hall–Kier alpha value is -1.82. The van der Waals surface area contributed by atoms with E-state index in [1.54, 1.807) is 32.2 Å². The second-order valence-electron chi connectivity index (χ2n) is 4.97. The molecule has 6 nitrogen and oxygen atoms in total. The van der Waals surface area contributed by atoms with Gasteiger partial charge in [0.2, 0.25) is 11.8 Å². The number of hydrogen-bond acceptors (Lipinski definition) is 4. The third kappa shape index (κ3) is 3.26. The van der Waals surface area contributed by atoms with Gasteiger partial charge in [-0.25, -0.2) is 4.98 Å². The van der Waals surface area contributed by atoms with E-state index in [1.807, 2.05) is 17.6 Å². The fourth-order valence-corrected chi connectivity index (χ4v) is 2.24. The first-order valence-electron chi connectivity index (χ1n) is 6.69. The summed E-state index contributed by atoms with van der Waals surface area (Å²) in [5, 5.41) is -0.264. The Morgan fingerprint density at radius 2 is 2.14 bits per heavy atom. The fraction of sp³-hybridized carbons (Fsp3) is 0.500. The van der Waals surface area contributed by atoms with Crippen LogP contribution in [0.15, 0.2) is 12.1 Å². The van der Waals surface area contributed by atoms with E-state index >= 15 is 0 Å². The van der Waals surface area contributed by atoms with Crippen molar-refractivity contribution in [3.05, 3.63) is 18.0 Å². The summed E-state index contributed by atoms with van der Waals surface area (Å²) in [6, 6.07) is 3.60. The number of nitrogens with zero attached hydrogens (tertiary/aromatic N) is 4. The van der Waals surface area contributed by atoms with Crippen LogP contribution in [0.25, 0.3) is 11.2 Å². The number of aromatic nitrogens is 3. The monoisotopic (exact) mass is 310 g/mol. The maximum absolute atomic E-state index is 11.8. The summed E-state index contributed by atoms with van der Waals surface area (Å²) in [5.41, 5.74) is 1.43. The minimum absolute atomic E-state index is 0.0490. The van der Waals surface area contributed by atoms with Crippen molar-refractivity contribution >= 4 is 28.7 Å². The predicted molar refractivity (Wildman–Crippen MR) is 81.7 cm³/mol. The SMILES string of the molecule is COc1ccc2nc(C(C)Cl)n(CCC(=O)N(C)C)c2n1. The van der Waals surface area contributed by atoms with Crippen LogP contribution in [-0.4, -0.2) is 46.5 Å². The molecule has 0 aliphatic rings. The van der Waals surface area contributed by atoms with Gasteiger partial charge in [-0.05, 0) is 13.0 Å². The number of rotatable bonds is 5. The lowest BCUT2D eigenvalue weighted by molar-refractivity contribution is -0.128. The van der Waals surface area contributed by atoms with Gasteiger partial charge in [0.1, 0.15) is 11.3 Å². The molecule has 0 saturated heterocycles. The fourth-order valence-electron chi connectivity index (χ4n) is 2.07. The molecule has 114 valence electrons. The van der Waals surface area contributed by atoms with Gasteiger partial charge < -0.3 is 14.2 Å². The molecule has 0 N–H and O–H groups in total. The molecule has 2 rings (SSSR count). The number of imidazole rings is 1. The molecule has 2 aromatic heterocycles. The summed E-state index contributed by atoms with van der Waals surface area (Å²) >= 11 is 6.19. The van der Waals surface area contributed by atoms with E-state index in [-0.39, 0.29) is 11.3 Å². The maximum Gasteiger partial charge on any atom is 0.223 e. The molecule has 1 atom stereocenters. The quantitative estimate of drug-likeness (QED) is 0.795. The van der Waals surface area contributed by atoms with Crippen LogP contribution in [0.5, 0.6) is 5.88 Å². The number of ether oxygens (including phenoxy) is 1. The highest BCUT2D eigenvalue weighted by molar-refractivity contribution is 6.20. The summed E-state index contributed by atoms with van der Waals surface area (Å²) in [4.78, 5) is 22.3. The van der Waals surface area contributed by atoms with E-state index in [0.29, 0.717) is 30.3 Å². The Kier molecular flexibility index (Phi) is 4.67. The number of amides is 1. The molecule has 1 unspecified atom stereocenters. The topological polar surface area (TPSA) is 60.3 Å². The lowest BCUT2D eigenvalue weighted by atomic mass is 10.3. The number of carbonyl (C=O) groups excluding carboxylic acids is 1. The van der Waals surface area contributed by atoms with Gasteiger partial charge in [-0.2, -0.15) is 4.98 Å². The summed E-state index contributed by atoms with van der Waals surface area (Å²) < 4.78 is 7.04. The van der Waals surface area contributed by atoms with Crippen molar-refractivity contribution < 1.29 is 9.53 Å². The lowest BCUT2D eigenvalue weighted by Crippen LogP contribution is -2.23. The molecule has 2 aromatic rings. The van der Waals surface area contributed by atoms with E-state index in [9.17, 15) is 4.79 Å². The molecule has 0 fully saturated rings. The van der Waals surface area contributed by atoms with Crippen molar-refractivity contribution in [2.75, 3.05) is 21.2 Å². The molecule has 0 aromatic carbocycles.